The van der Waals surface area contributed by atoms with Crippen LogP contribution in [-0.4, -0.2) is 38.9 Å². The number of carbonyl (C=O) groups excluding carboxylic acids is 1. The van der Waals surface area contributed by atoms with Gasteiger partial charge in [0, 0.05) is 37.7 Å². The van der Waals surface area contributed by atoms with Crippen molar-refractivity contribution in [3.05, 3.63) is 29.2 Å². The van der Waals surface area contributed by atoms with Crippen LogP contribution in [0, 0.1) is 0 Å². The lowest BCUT2D eigenvalue weighted by Gasteiger charge is -2.04. The molecule has 0 bridgehead atoms. The summed E-state index contributed by atoms with van der Waals surface area (Å²) in [4.78, 5) is 15.6. The molecule has 3 rings (SSSR count). The Balaban J connectivity index is 1.66. The van der Waals surface area contributed by atoms with E-state index in [0.717, 1.165) is 18.9 Å². The second-order valence-electron chi connectivity index (χ2n) is 5.76. The van der Waals surface area contributed by atoms with Crippen molar-refractivity contribution in [3.63, 3.8) is 0 Å². The minimum atomic E-state index is -4.48. The quantitative estimate of drug-likeness (QED) is 0.766. The van der Waals surface area contributed by atoms with E-state index >= 15 is 0 Å². The van der Waals surface area contributed by atoms with Crippen molar-refractivity contribution in [1.82, 2.24) is 25.2 Å². The van der Waals surface area contributed by atoms with Crippen molar-refractivity contribution in [2.45, 2.75) is 37.9 Å². The van der Waals surface area contributed by atoms with Gasteiger partial charge in [0.15, 0.2) is 11.5 Å². The second kappa shape index (κ2) is 6.82. The van der Waals surface area contributed by atoms with Gasteiger partial charge in [0.2, 0.25) is 0 Å². The lowest BCUT2D eigenvalue weighted by molar-refractivity contribution is -0.141. The van der Waals surface area contributed by atoms with E-state index in [1.807, 2.05) is 0 Å². The highest BCUT2D eigenvalue weighted by Crippen LogP contribution is 2.42. The van der Waals surface area contributed by atoms with E-state index in [2.05, 4.69) is 20.6 Å². The molecule has 1 amide bonds. The second-order valence-corrected chi connectivity index (χ2v) is 5.76. The highest BCUT2D eigenvalue weighted by Gasteiger charge is 2.37. The Bertz CT molecular complexity index is 750. The van der Waals surface area contributed by atoms with E-state index in [1.165, 1.54) is 4.68 Å². The van der Waals surface area contributed by atoms with Crippen LogP contribution in [0.2, 0.25) is 0 Å². The van der Waals surface area contributed by atoms with Gasteiger partial charge >= 0.3 is 18.0 Å². The van der Waals surface area contributed by atoms with Crippen molar-refractivity contribution >= 4 is 5.91 Å². The maximum atomic E-state index is 12.9. The van der Waals surface area contributed by atoms with Crippen molar-refractivity contribution in [1.29, 1.82) is 0 Å². The summed E-state index contributed by atoms with van der Waals surface area (Å²) in [5.41, 5.74) is 4.94. The minimum absolute atomic E-state index is 0.117. The number of rotatable bonds is 7. The van der Waals surface area contributed by atoms with Gasteiger partial charge in [-0.3, -0.25) is 9.48 Å². The monoisotopic (exact) mass is 358 g/mol. The molecule has 1 aliphatic rings. The Morgan fingerprint density at radius 3 is 2.84 bits per heavy atom. The van der Waals surface area contributed by atoms with Gasteiger partial charge in [-0.2, -0.15) is 23.3 Å². The van der Waals surface area contributed by atoms with Crippen LogP contribution in [0.5, 0.6) is 0 Å². The molecule has 2 aromatic heterocycles. The summed E-state index contributed by atoms with van der Waals surface area (Å²) in [6.07, 6.45) is -2.56. The fraction of sp³-hybridized carbons (Fsp3) is 0.571. The molecule has 3 N–H and O–H groups in total. The maximum absolute atomic E-state index is 12.9. The Morgan fingerprint density at radius 2 is 2.20 bits per heavy atom. The normalized spacial score (nSPS) is 14.7. The summed E-state index contributed by atoms with van der Waals surface area (Å²) in [7, 11) is 0. The van der Waals surface area contributed by atoms with Crippen LogP contribution < -0.4 is 11.1 Å². The number of alkyl halides is 3. The zero-order valence-electron chi connectivity index (χ0n) is 13.2. The number of aryl methyl sites for hydroxylation is 2. The van der Waals surface area contributed by atoms with Gasteiger partial charge in [0.05, 0.1) is 0 Å². The number of nitrogens with one attached hydrogen (secondary N) is 1. The number of aromatic nitrogens is 4. The molecule has 0 atom stereocenters. The molecule has 0 spiro atoms. The highest BCUT2D eigenvalue weighted by molar-refractivity contribution is 5.89. The van der Waals surface area contributed by atoms with Crippen LogP contribution in [0.1, 0.15) is 46.7 Å². The van der Waals surface area contributed by atoms with Gasteiger partial charge in [0.1, 0.15) is 0 Å². The van der Waals surface area contributed by atoms with Crippen LogP contribution in [0.25, 0.3) is 0 Å². The fourth-order valence-corrected chi connectivity index (χ4v) is 2.37. The molecule has 1 fully saturated rings. The summed E-state index contributed by atoms with van der Waals surface area (Å²) in [5, 5.41) is 9.80. The summed E-state index contributed by atoms with van der Waals surface area (Å²) < 4.78 is 44.7. The number of amides is 1. The van der Waals surface area contributed by atoms with Crippen molar-refractivity contribution in [3.8, 4) is 0 Å². The molecule has 1 saturated carbocycles. The van der Waals surface area contributed by atoms with E-state index in [4.69, 9.17) is 10.3 Å². The SMILES string of the molecule is NCCNC(=O)c1nc(CCn2nc(C(F)(F)F)cc2C2CC2)no1. The molecule has 0 aromatic carbocycles. The lowest BCUT2D eigenvalue weighted by atomic mass is 10.2. The van der Waals surface area contributed by atoms with E-state index in [0.29, 0.717) is 5.69 Å². The molecular weight excluding hydrogens is 341 g/mol. The molecule has 0 unspecified atom stereocenters. The first-order chi connectivity index (χ1) is 11.9. The number of hydrogen-bond donors (Lipinski definition) is 2. The third-order valence-electron chi connectivity index (χ3n) is 3.74. The molecule has 25 heavy (non-hydrogen) atoms. The first-order valence-corrected chi connectivity index (χ1v) is 7.84. The lowest BCUT2D eigenvalue weighted by Crippen LogP contribution is -2.29. The topological polar surface area (TPSA) is 112 Å². The Labute approximate surface area is 140 Å². The molecule has 1 aliphatic carbocycles. The van der Waals surface area contributed by atoms with E-state index in [9.17, 15) is 18.0 Å². The van der Waals surface area contributed by atoms with Gasteiger partial charge < -0.3 is 15.6 Å². The average Bonchev–Trinajstić information content (AvgIpc) is 3.12. The van der Waals surface area contributed by atoms with Crippen LogP contribution in [0.15, 0.2) is 10.6 Å². The number of hydrogen-bond acceptors (Lipinski definition) is 6. The fourth-order valence-electron chi connectivity index (χ4n) is 2.37. The predicted molar refractivity (Wildman–Crippen MR) is 78.6 cm³/mol. The van der Waals surface area contributed by atoms with Crippen LogP contribution in [-0.2, 0) is 19.1 Å². The molecule has 2 heterocycles. The third-order valence-corrected chi connectivity index (χ3v) is 3.74. The summed E-state index contributed by atoms with van der Waals surface area (Å²) >= 11 is 0. The number of carbonyl (C=O) groups is 1. The average molecular weight is 358 g/mol. The maximum Gasteiger partial charge on any atom is 0.435 e. The summed E-state index contributed by atoms with van der Waals surface area (Å²) in [6, 6.07) is 1.10. The Hall–Kier alpha value is -2.43. The van der Waals surface area contributed by atoms with Crippen LogP contribution in [0.4, 0.5) is 13.2 Å². The molecule has 136 valence electrons. The van der Waals surface area contributed by atoms with Gasteiger partial charge in [-0.15, -0.1) is 0 Å². The van der Waals surface area contributed by atoms with Crippen molar-refractivity contribution < 1.29 is 22.5 Å². The molecule has 0 radical (unpaired) electrons. The molecule has 11 heteroatoms. The third kappa shape index (κ3) is 4.16. The van der Waals surface area contributed by atoms with E-state index < -0.39 is 17.8 Å². The van der Waals surface area contributed by atoms with Gasteiger partial charge in [0.25, 0.3) is 0 Å². The summed E-state index contributed by atoms with van der Waals surface area (Å²) in [6.45, 7) is 0.720. The van der Waals surface area contributed by atoms with Gasteiger partial charge in [-0.1, -0.05) is 5.16 Å². The Morgan fingerprint density at radius 1 is 1.44 bits per heavy atom. The number of nitrogens with two attached hydrogens (primary N) is 1. The number of halogens is 3. The van der Waals surface area contributed by atoms with Gasteiger partial charge in [-0.05, 0) is 18.9 Å². The minimum Gasteiger partial charge on any atom is -0.347 e. The Kier molecular flexibility index (Phi) is 4.75. The zero-order valence-corrected chi connectivity index (χ0v) is 13.2. The first-order valence-electron chi connectivity index (χ1n) is 7.84. The van der Waals surface area contributed by atoms with Gasteiger partial charge in [-0.25, -0.2) is 0 Å². The van der Waals surface area contributed by atoms with Crippen molar-refractivity contribution in [2.24, 2.45) is 5.73 Å². The largest absolute Gasteiger partial charge is 0.435 e. The smallest absolute Gasteiger partial charge is 0.347 e. The first kappa shape index (κ1) is 17.4. The molecule has 8 nitrogen and oxygen atoms in total. The number of nitrogens with zero attached hydrogens (tertiary/aromatic N) is 4. The standard InChI is InChI=1S/C14H17F3N6O2/c15-14(16,17)10-7-9(8-1-2-8)23(21-10)6-3-11-20-13(25-22-11)12(24)19-5-4-18/h7-8H,1-6,18H2,(H,19,24). The molecule has 0 saturated heterocycles. The molecule has 0 aliphatic heterocycles. The van der Waals surface area contributed by atoms with E-state index in [-0.39, 0.29) is 43.7 Å². The van der Waals surface area contributed by atoms with Crippen LogP contribution >= 0.6 is 0 Å². The zero-order chi connectivity index (χ0) is 18.0. The summed E-state index contributed by atoms with van der Waals surface area (Å²) in [5.74, 6) is -0.404. The van der Waals surface area contributed by atoms with E-state index in [1.54, 1.807) is 0 Å². The molecule has 2 aromatic rings. The molecular formula is C14H17F3N6O2. The highest BCUT2D eigenvalue weighted by atomic mass is 19.4. The van der Waals surface area contributed by atoms with Crippen LogP contribution in [0.3, 0.4) is 0 Å². The van der Waals surface area contributed by atoms with Crippen molar-refractivity contribution in [2.75, 3.05) is 13.1 Å². The predicted octanol–water partition coefficient (Wildman–Crippen LogP) is 1.09.